The molecule has 0 aliphatic carbocycles. The summed E-state index contributed by atoms with van der Waals surface area (Å²) in [6, 6.07) is 11.1. The first-order valence-corrected chi connectivity index (χ1v) is 7.86. The molecule has 0 radical (unpaired) electrons. The van der Waals surface area contributed by atoms with Crippen LogP contribution >= 0.6 is 0 Å². The van der Waals surface area contributed by atoms with Gasteiger partial charge in [-0.3, -0.25) is 4.79 Å². The number of ether oxygens (including phenoxy) is 1. The predicted octanol–water partition coefficient (Wildman–Crippen LogP) is 2.61. The summed E-state index contributed by atoms with van der Waals surface area (Å²) in [5, 5.41) is 7.08. The van der Waals surface area contributed by atoms with E-state index >= 15 is 0 Å². The Bertz CT molecular complexity index is 887. The van der Waals surface area contributed by atoms with Crippen molar-refractivity contribution < 1.29 is 9.53 Å². The van der Waals surface area contributed by atoms with Crippen LogP contribution in [0.15, 0.2) is 42.7 Å². The van der Waals surface area contributed by atoms with Crippen molar-refractivity contribution in [3.8, 4) is 11.6 Å². The number of hydrogen-bond acceptors (Lipinski definition) is 5. The normalized spacial score (nSPS) is 10.5. The van der Waals surface area contributed by atoms with Crippen molar-refractivity contribution in [3.63, 3.8) is 0 Å². The summed E-state index contributed by atoms with van der Waals surface area (Å²) in [5.74, 6) is 1.34. The van der Waals surface area contributed by atoms with Gasteiger partial charge in [0.25, 0.3) is 5.91 Å². The molecule has 0 unspecified atom stereocenters. The number of aryl methyl sites for hydroxylation is 3. The van der Waals surface area contributed by atoms with E-state index in [4.69, 9.17) is 4.74 Å². The maximum absolute atomic E-state index is 12.1. The van der Waals surface area contributed by atoms with Crippen LogP contribution in [-0.4, -0.2) is 32.3 Å². The van der Waals surface area contributed by atoms with Crippen LogP contribution in [0.3, 0.4) is 0 Å². The van der Waals surface area contributed by atoms with Crippen molar-refractivity contribution >= 4 is 11.7 Å². The highest BCUT2D eigenvalue weighted by Gasteiger charge is 2.09. The third kappa shape index (κ3) is 4.20. The number of amides is 1. The molecule has 0 aliphatic rings. The van der Waals surface area contributed by atoms with E-state index in [9.17, 15) is 4.79 Å². The second kappa shape index (κ2) is 7.12. The second-order valence-corrected chi connectivity index (χ2v) is 5.75. The minimum absolute atomic E-state index is 0.0949. The summed E-state index contributed by atoms with van der Waals surface area (Å²) in [4.78, 5) is 20.3. The zero-order valence-electron chi connectivity index (χ0n) is 14.4. The summed E-state index contributed by atoms with van der Waals surface area (Å²) in [7, 11) is 0. The highest BCUT2D eigenvalue weighted by molar-refractivity contribution is 5.91. The van der Waals surface area contributed by atoms with Crippen LogP contribution in [0.2, 0.25) is 0 Å². The summed E-state index contributed by atoms with van der Waals surface area (Å²) >= 11 is 0. The summed E-state index contributed by atoms with van der Waals surface area (Å²) in [6.45, 7) is 5.75. The van der Waals surface area contributed by atoms with E-state index in [1.807, 2.05) is 51.1 Å². The molecule has 0 atom stereocenters. The fourth-order valence-corrected chi connectivity index (χ4v) is 2.35. The Hall–Kier alpha value is -3.22. The number of hydrogen-bond donors (Lipinski definition) is 1. The minimum Gasteiger partial charge on any atom is -0.484 e. The predicted molar refractivity (Wildman–Crippen MR) is 93.9 cm³/mol. The number of carbonyl (C=O) groups is 1. The highest BCUT2D eigenvalue weighted by Crippen LogP contribution is 2.13. The van der Waals surface area contributed by atoms with E-state index in [1.54, 1.807) is 10.7 Å². The number of anilines is 1. The molecule has 128 valence electrons. The molecule has 0 spiro atoms. The molecule has 2 aromatic heterocycles. The van der Waals surface area contributed by atoms with Crippen molar-refractivity contribution in [1.29, 1.82) is 0 Å². The van der Waals surface area contributed by atoms with Gasteiger partial charge >= 0.3 is 0 Å². The van der Waals surface area contributed by atoms with E-state index in [0.29, 0.717) is 17.4 Å². The van der Waals surface area contributed by atoms with Gasteiger partial charge in [-0.1, -0.05) is 17.7 Å². The van der Waals surface area contributed by atoms with E-state index in [-0.39, 0.29) is 12.5 Å². The average Bonchev–Trinajstić information content (AvgIpc) is 2.93. The van der Waals surface area contributed by atoms with Crippen LogP contribution in [0, 0.1) is 20.8 Å². The Kier molecular flexibility index (Phi) is 4.74. The summed E-state index contributed by atoms with van der Waals surface area (Å²) in [5.41, 5.74) is 2.99. The van der Waals surface area contributed by atoms with E-state index in [1.165, 1.54) is 6.33 Å². The number of aromatic nitrogens is 4. The maximum atomic E-state index is 12.1. The lowest BCUT2D eigenvalue weighted by atomic mass is 10.2. The highest BCUT2D eigenvalue weighted by atomic mass is 16.5. The van der Waals surface area contributed by atoms with Gasteiger partial charge in [0.2, 0.25) is 0 Å². The molecule has 0 fully saturated rings. The maximum Gasteiger partial charge on any atom is 0.263 e. The topological polar surface area (TPSA) is 81.9 Å². The van der Waals surface area contributed by atoms with Crippen molar-refractivity contribution in [1.82, 2.24) is 19.7 Å². The molecule has 1 amide bonds. The Morgan fingerprint density at radius 1 is 1.12 bits per heavy atom. The Balaban J connectivity index is 1.64. The van der Waals surface area contributed by atoms with Gasteiger partial charge in [0.1, 0.15) is 17.9 Å². The molecular weight excluding hydrogens is 318 g/mol. The molecule has 0 saturated heterocycles. The van der Waals surface area contributed by atoms with Crippen molar-refractivity contribution in [2.75, 3.05) is 11.9 Å². The molecule has 25 heavy (non-hydrogen) atoms. The summed E-state index contributed by atoms with van der Waals surface area (Å²) < 4.78 is 7.16. The van der Waals surface area contributed by atoms with Crippen LogP contribution in [0.4, 0.5) is 5.82 Å². The molecule has 3 aromatic rings. The van der Waals surface area contributed by atoms with Gasteiger partial charge in [0, 0.05) is 11.8 Å². The van der Waals surface area contributed by atoms with Gasteiger partial charge in [-0.25, -0.2) is 14.6 Å². The van der Waals surface area contributed by atoms with Gasteiger partial charge in [0.05, 0.1) is 5.69 Å². The molecule has 3 rings (SSSR count). The zero-order valence-corrected chi connectivity index (χ0v) is 14.4. The first-order chi connectivity index (χ1) is 12.0. The monoisotopic (exact) mass is 337 g/mol. The SMILES string of the molecule is Cc1ccc(OCC(=O)Nc2cc(-n3nc(C)cc3C)ncn2)cc1. The number of carbonyl (C=O) groups excluding carboxylic acids is 1. The van der Waals surface area contributed by atoms with E-state index in [2.05, 4.69) is 20.4 Å². The Labute approximate surface area is 145 Å². The molecular formula is C18H19N5O2. The van der Waals surface area contributed by atoms with Gasteiger partial charge in [-0.15, -0.1) is 0 Å². The van der Waals surface area contributed by atoms with E-state index in [0.717, 1.165) is 17.0 Å². The number of nitrogens with zero attached hydrogens (tertiary/aromatic N) is 4. The smallest absolute Gasteiger partial charge is 0.263 e. The lowest BCUT2D eigenvalue weighted by Crippen LogP contribution is -2.21. The zero-order chi connectivity index (χ0) is 17.8. The molecule has 7 heteroatoms. The molecule has 2 heterocycles. The average molecular weight is 337 g/mol. The third-order valence-corrected chi connectivity index (χ3v) is 3.54. The number of rotatable bonds is 5. The molecule has 1 aromatic carbocycles. The molecule has 0 saturated carbocycles. The fraction of sp³-hybridized carbons (Fsp3) is 0.222. The van der Waals surface area contributed by atoms with Crippen LogP contribution < -0.4 is 10.1 Å². The standard InChI is InChI=1S/C18H19N5O2/c1-12-4-6-15(7-5-12)25-10-18(24)21-16-9-17(20-11-19-16)23-14(3)8-13(2)22-23/h4-9,11H,10H2,1-3H3,(H,19,20,21,24). The Morgan fingerprint density at radius 2 is 1.88 bits per heavy atom. The lowest BCUT2D eigenvalue weighted by molar-refractivity contribution is -0.118. The van der Waals surface area contributed by atoms with Crippen molar-refractivity contribution in [2.45, 2.75) is 20.8 Å². The van der Waals surface area contributed by atoms with Gasteiger partial charge in [-0.2, -0.15) is 5.10 Å². The second-order valence-electron chi connectivity index (χ2n) is 5.75. The van der Waals surface area contributed by atoms with Crippen molar-refractivity contribution in [3.05, 3.63) is 59.7 Å². The van der Waals surface area contributed by atoms with Crippen LogP contribution in [0.25, 0.3) is 5.82 Å². The van der Waals surface area contributed by atoms with E-state index < -0.39 is 0 Å². The largest absolute Gasteiger partial charge is 0.484 e. The Morgan fingerprint density at radius 3 is 2.56 bits per heavy atom. The molecule has 0 bridgehead atoms. The van der Waals surface area contributed by atoms with Gasteiger partial charge in [-0.05, 0) is 39.0 Å². The molecule has 7 nitrogen and oxygen atoms in total. The first-order valence-electron chi connectivity index (χ1n) is 7.86. The third-order valence-electron chi connectivity index (χ3n) is 3.54. The van der Waals surface area contributed by atoms with Crippen molar-refractivity contribution in [2.24, 2.45) is 0 Å². The number of benzene rings is 1. The summed E-state index contributed by atoms with van der Waals surface area (Å²) in [6.07, 6.45) is 1.39. The quantitative estimate of drug-likeness (QED) is 0.774. The first kappa shape index (κ1) is 16.6. The minimum atomic E-state index is -0.293. The molecule has 0 aliphatic heterocycles. The van der Waals surface area contributed by atoms with Gasteiger partial charge in [0.15, 0.2) is 12.4 Å². The van der Waals surface area contributed by atoms with Crippen LogP contribution in [0.1, 0.15) is 17.0 Å². The lowest BCUT2D eigenvalue weighted by Gasteiger charge is -2.08. The van der Waals surface area contributed by atoms with Gasteiger partial charge < -0.3 is 10.1 Å². The van der Waals surface area contributed by atoms with Crippen LogP contribution in [0.5, 0.6) is 5.75 Å². The molecule has 1 N–H and O–H groups in total. The number of nitrogens with one attached hydrogen (secondary N) is 1. The fourth-order valence-electron chi connectivity index (χ4n) is 2.35. The van der Waals surface area contributed by atoms with Crippen LogP contribution in [-0.2, 0) is 4.79 Å².